The van der Waals surface area contributed by atoms with Gasteiger partial charge in [-0.3, -0.25) is 0 Å². The van der Waals surface area contributed by atoms with Gasteiger partial charge in [-0.05, 0) is 43.3 Å². The van der Waals surface area contributed by atoms with E-state index in [-0.39, 0.29) is 0 Å². The van der Waals surface area contributed by atoms with Gasteiger partial charge in [-0.15, -0.1) is 0 Å². The van der Waals surface area contributed by atoms with E-state index in [1.54, 1.807) is 6.07 Å². The Morgan fingerprint density at radius 1 is 1.16 bits per heavy atom. The van der Waals surface area contributed by atoms with E-state index >= 15 is 0 Å². The lowest BCUT2D eigenvalue weighted by molar-refractivity contribution is 0.340. The summed E-state index contributed by atoms with van der Waals surface area (Å²) in [5.41, 5.74) is 8.81. The van der Waals surface area contributed by atoms with E-state index in [4.69, 9.17) is 14.9 Å². The van der Waals surface area contributed by atoms with Crippen LogP contribution in [-0.4, -0.2) is 11.6 Å². The van der Waals surface area contributed by atoms with Crippen LogP contribution >= 0.6 is 0 Å². The molecule has 3 aromatic rings. The molecular weight excluding hydrogens is 240 g/mol. The molecule has 4 nitrogen and oxygen atoms in total. The van der Waals surface area contributed by atoms with Gasteiger partial charge in [0.2, 0.25) is 5.89 Å². The zero-order valence-corrected chi connectivity index (χ0v) is 10.6. The van der Waals surface area contributed by atoms with Crippen molar-refractivity contribution >= 4 is 16.8 Å². The van der Waals surface area contributed by atoms with Gasteiger partial charge in [0.1, 0.15) is 11.3 Å². The maximum absolute atomic E-state index is 5.72. The van der Waals surface area contributed by atoms with Crippen molar-refractivity contribution < 1.29 is 9.15 Å². The Morgan fingerprint density at radius 2 is 1.95 bits per heavy atom. The van der Waals surface area contributed by atoms with E-state index < -0.39 is 0 Å². The number of nitrogens with two attached hydrogens (primary N) is 1. The topological polar surface area (TPSA) is 61.3 Å². The van der Waals surface area contributed by atoms with Gasteiger partial charge in [-0.2, -0.15) is 0 Å². The van der Waals surface area contributed by atoms with Crippen LogP contribution in [-0.2, 0) is 0 Å². The van der Waals surface area contributed by atoms with Crippen LogP contribution in [0, 0.1) is 0 Å². The molecule has 0 aliphatic rings. The van der Waals surface area contributed by atoms with Crippen molar-refractivity contribution in [2.24, 2.45) is 0 Å². The van der Waals surface area contributed by atoms with Crippen LogP contribution in [0.3, 0.4) is 0 Å². The molecule has 2 aromatic carbocycles. The zero-order valence-electron chi connectivity index (χ0n) is 10.6. The first-order valence-corrected chi connectivity index (χ1v) is 6.15. The minimum absolute atomic E-state index is 0.587. The van der Waals surface area contributed by atoms with E-state index in [0.717, 1.165) is 16.8 Å². The third-order valence-corrected chi connectivity index (χ3v) is 2.82. The summed E-state index contributed by atoms with van der Waals surface area (Å²) in [7, 11) is 0. The lowest BCUT2D eigenvalue weighted by Gasteiger charge is -2.02. The van der Waals surface area contributed by atoms with Crippen LogP contribution in [0.15, 0.2) is 46.9 Å². The number of hydrogen-bond acceptors (Lipinski definition) is 4. The van der Waals surface area contributed by atoms with Gasteiger partial charge in [0.25, 0.3) is 0 Å². The van der Waals surface area contributed by atoms with E-state index in [9.17, 15) is 0 Å². The number of rotatable bonds is 3. The van der Waals surface area contributed by atoms with E-state index in [2.05, 4.69) is 4.98 Å². The van der Waals surface area contributed by atoms with Crippen molar-refractivity contribution in [1.82, 2.24) is 4.98 Å². The summed E-state index contributed by atoms with van der Waals surface area (Å²) >= 11 is 0. The number of anilines is 1. The third kappa shape index (κ3) is 2.25. The van der Waals surface area contributed by atoms with Crippen molar-refractivity contribution in [2.45, 2.75) is 6.92 Å². The van der Waals surface area contributed by atoms with Gasteiger partial charge in [0.15, 0.2) is 5.58 Å². The Morgan fingerprint density at radius 3 is 2.68 bits per heavy atom. The number of fused-ring (bicyclic) bond motifs is 1. The molecule has 2 N–H and O–H groups in total. The normalized spacial score (nSPS) is 10.8. The minimum atomic E-state index is 0.587. The Kier molecular flexibility index (Phi) is 2.83. The fourth-order valence-electron chi connectivity index (χ4n) is 1.93. The highest BCUT2D eigenvalue weighted by molar-refractivity contribution is 5.79. The van der Waals surface area contributed by atoms with Crippen molar-refractivity contribution in [2.75, 3.05) is 12.3 Å². The molecule has 0 spiro atoms. The summed E-state index contributed by atoms with van der Waals surface area (Å²) in [6, 6.07) is 13.1. The Bertz CT molecular complexity index is 702. The summed E-state index contributed by atoms with van der Waals surface area (Å²) in [4.78, 5) is 4.44. The highest BCUT2D eigenvalue weighted by Gasteiger charge is 2.08. The molecular formula is C15H14N2O2. The quantitative estimate of drug-likeness (QED) is 0.727. The van der Waals surface area contributed by atoms with Gasteiger partial charge in [0.05, 0.1) is 6.61 Å². The molecule has 0 fully saturated rings. The molecule has 0 saturated heterocycles. The van der Waals surface area contributed by atoms with E-state index in [0.29, 0.717) is 23.8 Å². The lowest BCUT2D eigenvalue weighted by atomic mass is 10.2. The average molecular weight is 254 g/mol. The number of nitrogen functional groups attached to an aromatic ring is 1. The number of aromatic nitrogens is 1. The molecule has 0 amide bonds. The fourth-order valence-corrected chi connectivity index (χ4v) is 1.93. The summed E-state index contributed by atoms with van der Waals surface area (Å²) in [5.74, 6) is 1.43. The molecule has 0 aliphatic carbocycles. The van der Waals surface area contributed by atoms with Crippen molar-refractivity contribution in [1.29, 1.82) is 0 Å². The van der Waals surface area contributed by atoms with Gasteiger partial charge in [-0.1, -0.05) is 0 Å². The molecule has 1 heterocycles. The molecule has 3 rings (SSSR count). The predicted molar refractivity (Wildman–Crippen MR) is 75.0 cm³/mol. The van der Waals surface area contributed by atoms with Crippen LogP contribution in [0.4, 0.5) is 5.69 Å². The second-order valence-electron chi connectivity index (χ2n) is 4.20. The first kappa shape index (κ1) is 11.6. The van der Waals surface area contributed by atoms with E-state index in [1.807, 2.05) is 43.3 Å². The summed E-state index contributed by atoms with van der Waals surface area (Å²) in [6.45, 7) is 2.61. The van der Waals surface area contributed by atoms with Gasteiger partial charge < -0.3 is 14.9 Å². The average Bonchev–Trinajstić information content (AvgIpc) is 2.83. The molecule has 0 aliphatic heterocycles. The molecule has 19 heavy (non-hydrogen) atoms. The summed E-state index contributed by atoms with van der Waals surface area (Å²) in [5, 5.41) is 0. The van der Waals surface area contributed by atoms with Crippen LogP contribution in [0.25, 0.3) is 22.6 Å². The number of ether oxygens (including phenoxy) is 1. The first-order valence-electron chi connectivity index (χ1n) is 6.15. The lowest BCUT2D eigenvalue weighted by Crippen LogP contribution is -1.90. The number of hydrogen-bond donors (Lipinski definition) is 1. The largest absolute Gasteiger partial charge is 0.494 e. The maximum Gasteiger partial charge on any atom is 0.227 e. The van der Waals surface area contributed by atoms with Gasteiger partial charge in [0, 0.05) is 17.3 Å². The second kappa shape index (κ2) is 4.65. The molecule has 0 unspecified atom stereocenters. The molecule has 0 radical (unpaired) electrons. The van der Waals surface area contributed by atoms with Crippen molar-refractivity contribution in [3.8, 4) is 17.2 Å². The van der Waals surface area contributed by atoms with Crippen LogP contribution < -0.4 is 10.5 Å². The smallest absolute Gasteiger partial charge is 0.227 e. The molecule has 4 heteroatoms. The number of oxazole rings is 1. The Labute approximate surface area is 110 Å². The predicted octanol–water partition coefficient (Wildman–Crippen LogP) is 3.48. The molecule has 0 bridgehead atoms. The second-order valence-corrected chi connectivity index (χ2v) is 4.20. The van der Waals surface area contributed by atoms with Gasteiger partial charge in [-0.25, -0.2) is 4.98 Å². The minimum Gasteiger partial charge on any atom is -0.494 e. The van der Waals surface area contributed by atoms with Crippen LogP contribution in [0.5, 0.6) is 5.75 Å². The molecule has 0 saturated carbocycles. The number of benzene rings is 2. The fraction of sp³-hybridized carbons (Fsp3) is 0.133. The van der Waals surface area contributed by atoms with Gasteiger partial charge >= 0.3 is 0 Å². The van der Waals surface area contributed by atoms with Crippen LogP contribution in [0.1, 0.15) is 6.92 Å². The monoisotopic (exact) mass is 254 g/mol. The molecule has 1 aromatic heterocycles. The first-order chi connectivity index (χ1) is 9.26. The molecule has 96 valence electrons. The third-order valence-electron chi connectivity index (χ3n) is 2.82. The molecule has 0 atom stereocenters. The standard InChI is InChI=1S/C15H14N2O2/c1-2-18-12-6-3-10(4-7-12)15-17-13-8-5-11(16)9-14(13)19-15/h3-9H,2,16H2,1H3. The highest BCUT2D eigenvalue weighted by Crippen LogP contribution is 2.26. The van der Waals surface area contributed by atoms with E-state index in [1.165, 1.54) is 0 Å². The highest BCUT2D eigenvalue weighted by atomic mass is 16.5. The SMILES string of the molecule is CCOc1ccc(-c2nc3ccc(N)cc3o2)cc1. The zero-order chi connectivity index (χ0) is 13.2. The van der Waals surface area contributed by atoms with Crippen LogP contribution in [0.2, 0.25) is 0 Å². The summed E-state index contributed by atoms with van der Waals surface area (Å²) < 4.78 is 11.1. The van der Waals surface area contributed by atoms with Crippen molar-refractivity contribution in [3.63, 3.8) is 0 Å². The Balaban J connectivity index is 1.99. The number of nitrogens with zero attached hydrogens (tertiary/aromatic N) is 1. The van der Waals surface area contributed by atoms with Crippen molar-refractivity contribution in [3.05, 3.63) is 42.5 Å². The Hall–Kier alpha value is -2.49. The summed E-state index contributed by atoms with van der Waals surface area (Å²) in [6.07, 6.45) is 0. The maximum atomic E-state index is 5.72.